The highest BCUT2D eigenvalue weighted by Crippen LogP contribution is 2.43. The topological polar surface area (TPSA) is 79.0 Å². The van der Waals surface area contributed by atoms with E-state index < -0.39 is 35.6 Å². The zero-order valence-corrected chi connectivity index (χ0v) is 21.9. The Hall–Kier alpha value is -4.53. The fraction of sp³-hybridized carbons (Fsp3) is 0.233. The molecule has 0 atom stereocenters. The second-order valence-electron chi connectivity index (χ2n) is 9.15. The summed E-state index contributed by atoms with van der Waals surface area (Å²) < 4.78 is 36.6. The number of allylic oxidation sites excluding steroid dienone is 1. The van der Waals surface area contributed by atoms with Gasteiger partial charge in [-0.3, -0.25) is 14.4 Å². The largest absolute Gasteiger partial charge is 0.492 e. The van der Waals surface area contributed by atoms with Gasteiger partial charge in [0.05, 0.1) is 23.4 Å². The van der Waals surface area contributed by atoms with Crippen LogP contribution in [0, 0.1) is 0 Å². The first-order valence-electron chi connectivity index (χ1n) is 12.5. The number of benzene rings is 3. The first kappa shape index (κ1) is 27.5. The van der Waals surface area contributed by atoms with E-state index in [4.69, 9.17) is 4.74 Å². The maximum atomic E-state index is 15.4. The van der Waals surface area contributed by atoms with Gasteiger partial charge in [-0.15, -0.1) is 0 Å². The van der Waals surface area contributed by atoms with Gasteiger partial charge in [-0.25, -0.2) is 8.78 Å². The maximum Gasteiger partial charge on any atom is 0.275 e. The van der Waals surface area contributed by atoms with Crippen LogP contribution in [0.3, 0.4) is 0 Å². The van der Waals surface area contributed by atoms with Gasteiger partial charge in [-0.2, -0.15) is 0 Å². The van der Waals surface area contributed by atoms with Crippen LogP contribution in [0.4, 0.5) is 20.2 Å². The molecule has 0 fully saturated rings. The third-order valence-corrected chi connectivity index (χ3v) is 6.29. The number of nitrogens with one attached hydrogen (secondary N) is 1. The minimum Gasteiger partial charge on any atom is -0.492 e. The van der Waals surface area contributed by atoms with Crippen molar-refractivity contribution in [2.45, 2.75) is 19.3 Å². The summed E-state index contributed by atoms with van der Waals surface area (Å²) in [5.74, 6) is -4.97. The summed E-state index contributed by atoms with van der Waals surface area (Å²) in [6.45, 7) is 1.58. The number of carbonyl (C=O) groups excluding carboxylic acids is 3. The Morgan fingerprint density at radius 3 is 2.33 bits per heavy atom. The molecule has 0 unspecified atom stereocenters. The zero-order chi connectivity index (χ0) is 28.2. The minimum absolute atomic E-state index is 0.0606. The quantitative estimate of drug-likeness (QED) is 0.425. The fourth-order valence-electron chi connectivity index (χ4n) is 4.34. The van der Waals surface area contributed by atoms with Gasteiger partial charge >= 0.3 is 0 Å². The smallest absolute Gasteiger partial charge is 0.275 e. The number of carbonyl (C=O) groups is 3. The van der Waals surface area contributed by atoms with Gasteiger partial charge in [0.2, 0.25) is 5.91 Å². The lowest BCUT2D eigenvalue weighted by molar-refractivity contribution is -0.123. The van der Waals surface area contributed by atoms with Crippen LogP contribution in [0.5, 0.6) is 5.75 Å². The summed E-state index contributed by atoms with van der Waals surface area (Å²) in [5.41, 5.74) is 0.633. The lowest BCUT2D eigenvalue weighted by atomic mass is 9.97. The van der Waals surface area contributed by atoms with E-state index >= 15 is 8.78 Å². The second-order valence-corrected chi connectivity index (χ2v) is 9.15. The number of anilines is 2. The molecule has 1 aliphatic heterocycles. The number of nitrogens with zero attached hydrogens (tertiary/aromatic N) is 2. The van der Waals surface area contributed by atoms with Crippen molar-refractivity contribution < 1.29 is 27.9 Å². The highest BCUT2D eigenvalue weighted by molar-refractivity contribution is 6.14. The van der Waals surface area contributed by atoms with Crippen LogP contribution in [0.15, 0.2) is 78.9 Å². The van der Waals surface area contributed by atoms with E-state index in [0.717, 1.165) is 6.08 Å². The van der Waals surface area contributed by atoms with Crippen LogP contribution >= 0.6 is 0 Å². The number of amides is 3. The third kappa shape index (κ3) is 5.82. The summed E-state index contributed by atoms with van der Waals surface area (Å²) in [6.07, 6.45) is 0.227. The molecule has 0 saturated heterocycles. The van der Waals surface area contributed by atoms with Crippen molar-refractivity contribution in [1.82, 2.24) is 4.90 Å². The monoisotopic (exact) mass is 533 g/mol. The molecule has 3 aromatic rings. The molecule has 0 radical (unpaired) electrons. The van der Waals surface area contributed by atoms with Gasteiger partial charge in [0.25, 0.3) is 17.7 Å². The first-order valence-corrected chi connectivity index (χ1v) is 12.5. The van der Waals surface area contributed by atoms with Crippen LogP contribution in [0.2, 0.25) is 0 Å². The molecule has 3 aromatic carbocycles. The Balaban J connectivity index is 1.78. The Bertz CT molecular complexity index is 1420. The molecule has 0 spiro atoms. The first-order chi connectivity index (χ1) is 18.6. The average molecular weight is 534 g/mol. The number of likely N-dealkylation sites (N-methyl/N-ethyl adjacent to an activating group) is 1. The van der Waals surface area contributed by atoms with Crippen LogP contribution in [0.1, 0.15) is 39.6 Å². The summed E-state index contributed by atoms with van der Waals surface area (Å²) in [5, 5.41) is 2.79. The summed E-state index contributed by atoms with van der Waals surface area (Å²) in [4.78, 5) is 42.0. The van der Waals surface area contributed by atoms with E-state index in [1.54, 1.807) is 55.5 Å². The van der Waals surface area contributed by atoms with Gasteiger partial charge in [-0.1, -0.05) is 42.5 Å². The van der Waals surface area contributed by atoms with Crippen molar-refractivity contribution in [2.24, 2.45) is 0 Å². The van der Waals surface area contributed by atoms with Crippen molar-refractivity contribution in [3.05, 3.63) is 95.6 Å². The number of fused-ring (bicyclic) bond motifs is 1. The van der Waals surface area contributed by atoms with E-state index in [0.29, 0.717) is 5.69 Å². The van der Waals surface area contributed by atoms with E-state index in [2.05, 4.69) is 5.32 Å². The molecule has 1 heterocycles. The standard InChI is InChI=1S/C30H29F2N3O4/c1-4-39-27-22(28(37)33-20-11-6-5-7-12-20)14-10-15-23(27)29(38)35-18-17-30(31,32)24(19-26(36)34(2)3)21-13-8-9-16-25(21)35/h5-16,19H,4,17-18H2,1-3H3,(H,33,37). The van der Waals surface area contributed by atoms with Crippen LogP contribution in [-0.4, -0.2) is 55.8 Å². The summed E-state index contributed by atoms with van der Waals surface area (Å²) in [6, 6.07) is 19.7. The average Bonchev–Trinajstić information content (AvgIpc) is 3.03. The van der Waals surface area contributed by atoms with Crippen LogP contribution in [-0.2, 0) is 4.79 Å². The number of alkyl halides is 2. The number of hydrogen-bond acceptors (Lipinski definition) is 4. The van der Waals surface area contributed by atoms with Crippen LogP contribution < -0.4 is 15.0 Å². The van der Waals surface area contributed by atoms with E-state index in [1.807, 2.05) is 6.07 Å². The van der Waals surface area contributed by atoms with Gasteiger partial charge in [0.15, 0.2) is 0 Å². The lowest BCUT2D eigenvalue weighted by Gasteiger charge is -2.24. The molecule has 9 heteroatoms. The molecular weight excluding hydrogens is 504 g/mol. The molecule has 0 saturated carbocycles. The highest BCUT2D eigenvalue weighted by atomic mass is 19.3. The molecule has 1 aliphatic rings. The van der Waals surface area contributed by atoms with Crippen molar-refractivity contribution in [1.29, 1.82) is 0 Å². The molecule has 202 valence electrons. The van der Waals surface area contributed by atoms with Gasteiger partial charge in [-0.05, 0) is 37.3 Å². The van der Waals surface area contributed by atoms with Crippen molar-refractivity contribution >= 4 is 34.7 Å². The second kappa shape index (κ2) is 11.5. The fourth-order valence-corrected chi connectivity index (χ4v) is 4.34. The van der Waals surface area contributed by atoms with Crippen molar-refractivity contribution in [3.8, 4) is 5.75 Å². The van der Waals surface area contributed by atoms with Crippen LogP contribution in [0.25, 0.3) is 5.57 Å². The third-order valence-electron chi connectivity index (χ3n) is 6.29. The number of rotatable bonds is 6. The van der Waals surface area contributed by atoms with Gasteiger partial charge in [0.1, 0.15) is 5.75 Å². The Morgan fingerprint density at radius 2 is 1.64 bits per heavy atom. The van der Waals surface area contributed by atoms with Gasteiger partial charge in [0, 0.05) is 50.0 Å². The molecule has 39 heavy (non-hydrogen) atoms. The molecular formula is C30H29F2N3O4. The Labute approximate surface area is 225 Å². The molecule has 0 aromatic heterocycles. The molecule has 7 nitrogen and oxygen atoms in total. The number of hydrogen-bond donors (Lipinski definition) is 1. The molecule has 4 rings (SSSR count). The molecule has 1 N–H and O–H groups in total. The van der Waals surface area contributed by atoms with Gasteiger partial charge < -0.3 is 19.9 Å². The van der Waals surface area contributed by atoms with E-state index in [9.17, 15) is 14.4 Å². The molecule has 0 bridgehead atoms. The minimum atomic E-state index is -3.36. The van der Waals surface area contributed by atoms with E-state index in [1.165, 1.54) is 42.1 Å². The summed E-state index contributed by atoms with van der Waals surface area (Å²) >= 11 is 0. The lowest BCUT2D eigenvalue weighted by Crippen LogP contribution is -2.34. The Kier molecular flexibility index (Phi) is 8.09. The predicted octanol–water partition coefficient (Wildman–Crippen LogP) is 5.50. The van der Waals surface area contributed by atoms with Crippen molar-refractivity contribution in [2.75, 3.05) is 37.5 Å². The Morgan fingerprint density at radius 1 is 0.974 bits per heavy atom. The highest BCUT2D eigenvalue weighted by Gasteiger charge is 2.42. The predicted molar refractivity (Wildman–Crippen MR) is 146 cm³/mol. The van der Waals surface area contributed by atoms with Crippen molar-refractivity contribution in [3.63, 3.8) is 0 Å². The normalized spacial score (nSPS) is 15.2. The molecule has 0 aliphatic carbocycles. The number of para-hydroxylation sites is 3. The maximum absolute atomic E-state index is 15.4. The number of halogens is 2. The summed E-state index contributed by atoms with van der Waals surface area (Å²) in [7, 11) is 2.96. The molecule has 3 amide bonds. The number of ether oxygens (including phenoxy) is 1. The SMILES string of the molecule is CCOc1c(C(=O)Nc2ccccc2)cccc1C(=O)N1CCC(F)(F)C(=CC(=O)N(C)C)c2ccccc21. The van der Waals surface area contributed by atoms with E-state index in [-0.39, 0.29) is 41.3 Å². The zero-order valence-electron chi connectivity index (χ0n) is 21.9.